The molecule has 2 rings (SSSR count). The summed E-state index contributed by atoms with van der Waals surface area (Å²) in [5.74, 6) is -0.0832. The molecule has 2 N–H and O–H groups in total. The first-order valence-electron chi connectivity index (χ1n) is 7.14. The fourth-order valence-corrected chi connectivity index (χ4v) is 3.55. The van der Waals surface area contributed by atoms with E-state index in [-0.39, 0.29) is 12.3 Å². The molecule has 118 valence electrons. The summed E-state index contributed by atoms with van der Waals surface area (Å²) in [6, 6.07) is 14.8. The summed E-state index contributed by atoms with van der Waals surface area (Å²) in [5, 5.41) is 10.2. The van der Waals surface area contributed by atoms with E-state index in [2.05, 4.69) is 4.72 Å². The van der Waals surface area contributed by atoms with Gasteiger partial charge in [-0.3, -0.25) is 0 Å². The van der Waals surface area contributed by atoms with Crippen LogP contribution in [0.4, 0.5) is 0 Å². The molecular formula is C17H21NO3S. The van der Waals surface area contributed by atoms with Gasteiger partial charge in [0.05, 0.1) is 11.9 Å². The summed E-state index contributed by atoms with van der Waals surface area (Å²) in [6.45, 7) is 3.74. The van der Waals surface area contributed by atoms with Crippen LogP contribution in [-0.2, 0) is 15.8 Å². The number of nitrogens with one attached hydrogen (secondary N) is 1. The Balaban J connectivity index is 2.01. The second-order valence-electron chi connectivity index (χ2n) is 5.41. The monoisotopic (exact) mass is 319 g/mol. The molecule has 4 nitrogen and oxygen atoms in total. The number of aryl methyl sites for hydroxylation is 2. The highest BCUT2D eigenvalue weighted by Gasteiger charge is 2.16. The molecule has 0 heterocycles. The lowest BCUT2D eigenvalue weighted by Gasteiger charge is -2.15. The van der Waals surface area contributed by atoms with E-state index in [1.807, 2.05) is 50.2 Å². The molecule has 0 amide bonds. The van der Waals surface area contributed by atoms with E-state index in [1.54, 1.807) is 12.1 Å². The molecular weight excluding hydrogens is 298 g/mol. The first kappa shape index (κ1) is 16.7. The number of rotatable bonds is 6. The molecule has 0 bridgehead atoms. The Morgan fingerprint density at radius 3 is 2.23 bits per heavy atom. The Bertz CT molecular complexity index is 741. The second kappa shape index (κ2) is 7.05. The van der Waals surface area contributed by atoms with Crippen LogP contribution in [0.1, 0.15) is 28.4 Å². The van der Waals surface area contributed by atoms with E-state index in [9.17, 15) is 13.5 Å². The molecule has 0 saturated heterocycles. The standard InChI is InChI=1S/C17H21NO3S/c1-13-7-3-5-9-15(13)12-22(20,21)18-11-17(19)16-10-6-4-8-14(16)2/h3-10,17-19H,11-12H2,1-2H3/t17-/m0/s1. The van der Waals surface area contributed by atoms with E-state index in [0.717, 1.165) is 22.3 Å². The number of aliphatic hydroxyl groups is 1. The smallest absolute Gasteiger partial charge is 0.215 e. The van der Waals surface area contributed by atoms with Crippen LogP contribution < -0.4 is 4.72 Å². The van der Waals surface area contributed by atoms with Crippen LogP contribution >= 0.6 is 0 Å². The molecule has 0 radical (unpaired) electrons. The van der Waals surface area contributed by atoms with Crippen LogP contribution in [0, 0.1) is 13.8 Å². The Labute approximate surface area is 131 Å². The van der Waals surface area contributed by atoms with Crippen LogP contribution in [0.2, 0.25) is 0 Å². The normalized spacial score (nSPS) is 13.0. The molecule has 2 aromatic rings. The molecule has 0 aliphatic rings. The van der Waals surface area contributed by atoms with Crippen LogP contribution in [0.15, 0.2) is 48.5 Å². The lowest BCUT2D eigenvalue weighted by molar-refractivity contribution is 0.181. The Hall–Kier alpha value is -1.69. The van der Waals surface area contributed by atoms with Gasteiger partial charge < -0.3 is 5.11 Å². The third-order valence-electron chi connectivity index (χ3n) is 3.65. The summed E-state index contributed by atoms with van der Waals surface area (Å²) in [6.07, 6.45) is -0.854. The van der Waals surface area contributed by atoms with E-state index < -0.39 is 16.1 Å². The molecule has 0 aliphatic heterocycles. The number of hydrogen-bond donors (Lipinski definition) is 2. The first-order valence-corrected chi connectivity index (χ1v) is 8.80. The molecule has 0 saturated carbocycles. The molecule has 0 fully saturated rings. The van der Waals surface area contributed by atoms with Crippen LogP contribution in [0.25, 0.3) is 0 Å². The van der Waals surface area contributed by atoms with Crippen molar-refractivity contribution in [2.45, 2.75) is 25.7 Å². The van der Waals surface area contributed by atoms with Gasteiger partial charge in [0.25, 0.3) is 0 Å². The average molecular weight is 319 g/mol. The molecule has 1 atom stereocenters. The quantitative estimate of drug-likeness (QED) is 0.859. The van der Waals surface area contributed by atoms with Gasteiger partial charge >= 0.3 is 0 Å². The topological polar surface area (TPSA) is 66.4 Å². The lowest BCUT2D eigenvalue weighted by atomic mass is 10.0. The number of benzene rings is 2. The minimum absolute atomic E-state index is 0.0287. The van der Waals surface area contributed by atoms with E-state index in [0.29, 0.717) is 0 Å². The zero-order chi connectivity index (χ0) is 16.2. The van der Waals surface area contributed by atoms with Gasteiger partial charge in [-0.1, -0.05) is 48.5 Å². The Morgan fingerprint density at radius 2 is 1.59 bits per heavy atom. The highest BCUT2D eigenvalue weighted by molar-refractivity contribution is 7.88. The van der Waals surface area contributed by atoms with Crippen molar-refractivity contribution in [2.24, 2.45) is 0 Å². The maximum Gasteiger partial charge on any atom is 0.215 e. The number of hydrogen-bond acceptors (Lipinski definition) is 3. The molecule has 22 heavy (non-hydrogen) atoms. The van der Waals surface area contributed by atoms with E-state index in [4.69, 9.17) is 0 Å². The van der Waals surface area contributed by atoms with Crippen molar-refractivity contribution >= 4 is 10.0 Å². The molecule has 0 aliphatic carbocycles. The summed E-state index contributed by atoms with van der Waals surface area (Å²) < 4.78 is 26.8. The van der Waals surface area contributed by atoms with Gasteiger partial charge in [0.2, 0.25) is 10.0 Å². The molecule has 2 aromatic carbocycles. The van der Waals surface area contributed by atoms with Gasteiger partial charge in [-0.2, -0.15) is 0 Å². The maximum absolute atomic E-state index is 12.2. The van der Waals surface area contributed by atoms with Crippen molar-refractivity contribution in [3.8, 4) is 0 Å². The van der Waals surface area contributed by atoms with E-state index in [1.165, 1.54) is 0 Å². The Kier molecular flexibility index (Phi) is 5.34. The fraction of sp³-hybridized carbons (Fsp3) is 0.294. The zero-order valence-electron chi connectivity index (χ0n) is 12.8. The highest BCUT2D eigenvalue weighted by atomic mass is 32.2. The summed E-state index contributed by atoms with van der Waals surface area (Å²) in [5.41, 5.74) is 3.38. The predicted molar refractivity (Wildman–Crippen MR) is 87.9 cm³/mol. The number of sulfonamides is 1. The van der Waals surface area contributed by atoms with Crippen molar-refractivity contribution < 1.29 is 13.5 Å². The van der Waals surface area contributed by atoms with Crippen molar-refractivity contribution in [3.05, 3.63) is 70.8 Å². The average Bonchev–Trinajstić information content (AvgIpc) is 2.48. The first-order chi connectivity index (χ1) is 10.4. The SMILES string of the molecule is Cc1ccccc1CS(=O)(=O)NC[C@H](O)c1ccccc1C. The van der Waals surface area contributed by atoms with Crippen molar-refractivity contribution in [1.82, 2.24) is 4.72 Å². The van der Waals surface area contributed by atoms with Crippen LogP contribution in [-0.4, -0.2) is 20.1 Å². The highest BCUT2D eigenvalue weighted by Crippen LogP contribution is 2.17. The molecule has 5 heteroatoms. The fourth-order valence-electron chi connectivity index (χ4n) is 2.30. The second-order valence-corrected chi connectivity index (χ2v) is 7.21. The lowest BCUT2D eigenvalue weighted by Crippen LogP contribution is -2.30. The van der Waals surface area contributed by atoms with Crippen LogP contribution in [0.5, 0.6) is 0 Å². The summed E-state index contributed by atoms with van der Waals surface area (Å²) >= 11 is 0. The van der Waals surface area contributed by atoms with Gasteiger partial charge in [-0.25, -0.2) is 13.1 Å². The zero-order valence-corrected chi connectivity index (χ0v) is 13.6. The van der Waals surface area contributed by atoms with Gasteiger partial charge in [0, 0.05) is 6.54 Å². The molecule has 0 unspecified atom stereocenters. The van der Waals surface area contributed by atoms with Gasteiger partial charge in [-0.05, 0) is 36.1 Å². The van der Waals surface area contributed by atoms with Gasteiger partial charge in [-0.15, -0.1) is 0 Å². The minimum atomic E-state index is -3.48. The summed E-state index contributed by atoms with van der Waals surface area (Å²) in [4.78, 5) is 0. The Morgan fingerprint density at radius 1 is 1.00 bits per heavy atom. The van der Waals surface area contributed by atoms with Crippen LogP contribution in [0.3, 0.4) is 0 Å². The van der Waals surface area contributed by atoms with Gasteiger partial charge in [0.15, 0.2) is 0 Å². The minimum Gasteiger partial charge on any atom is -0.387 e. The van der Waals surface area contributed by atoms with Gasteiger partial charge in [0.1, 0.15) is 0 Å². The van der Waals surface area contributed by atoms with Crippen molar-refractivity contribution in [3.63, 3.8) is 0 Å². The summed E-state index contributed by atoms with van der Waals surface area (Å²) in [7, 11) is -3.48. The largest absolute Gasteiger partial charge is 0.387 e. The molecule has 0 aromatic heterocycles. The number of aliphatic hydroxyl groups excluding tert-OH is 1. The predicted octanol–water partition coefficient (Wildman–Crippen LogP) is 2.46. The third-order valence-corrected chi connectivity index (χ3v) is 4.95. The molecule has 0 spiro atoms. The van der Waals surface area contributed by atoms with Crippen molar-refractivity contribution in [2.75, 3.05) is 6.54 Å². The maximum atomic E-state index is 12.2. The van der Waals surface area contributed by atoms with Crippen molar-refractivity contribution in [1.29, 1.82) is 0 Å². The van der Waals surface area contributed by atoms with E-state index >= 15 is 0 Å². The third kappa shape index (κ3) is 4.40.